The average Bonchev–Trinajstić information content (AvgIpc) is 3.50. The van der Waals surface area contributed by atoms with E-state index in [-0.39, 0.29) is 28.6 Å². The van der Waals surface area contributed by atoms with Crippen molar-refractivity contribution in [3.8, 4) is 6.07 Å². The Hall–Kier alpha value is -4.90. The summed E-state index contributed by atoms with van der Waals surface area (Å²) in [4.78, 5) is 32.3. The highest BCUT2D eigenvalue weighted by Crippen LogP contribution is 2.48. The Labute approximate surface area is 240 Å². The quantitative estimate of drug-likeness (QED) is 0.248. The lowest BCUT2D eigenvalue weighted by Crippen LogP contribution is -2.55. The maximum absolute atomic E-state index is 15.3. The van der Waals surface area contributed by atoms with Crippen molar-refractivity contribution in [2.24, 2.45) is 0 Å². The number of hydrogen-bond donors (Lipinski definition) is 2. The standard InChI is InChI=1S/C28H19F4N7O2S/c29-21-10-18(4-2-16(21)12-35-24(40)15-3-5-22-17(8-15)13-36-37-22)39-26(42)38(25(41)27(39)6-1-7-27)19-9-20(28(30,31)32)23(11-33)34-14-19/h2-5,8-10,13-14H,1,6-7,12H2,(H,35,40)(H,36,37). The molecule has 2 aromatic heterocycles. The molecule has 1 saturated carbocycles. The molecule has 0 radical (unpaired) electrons. The summed E-state index contributed by atoms with van der Waals surface area (Å²) in [6.45, 7) is -0.119. The average molecular weight is 594 g/mol. The Morgan fingerprint density at radius 3 is 2.60 bits per heavy atom. The summed E-state index contributed by atoms with van der Waals surface area (Å²) in [7, 11) is 0. The Kier molecular flexibility index (Phi) is 6.42. The number of thiocarbonyl (C=S) groups is 1. The molecule has 14 heteroatoms. The van der Waals surface area contributed by atoms with Crippen molar-refractivity contribution in [2.45, 2.75) is 37.5 Å². The zero-order valence-corrected chi connectivity index (χ0v) is 22.3. The third-order valence-electron chi connectivity index (χ3n) is 7.57. The number of halogens is 4. The summed E-state index contributed by atoms with van der Waals surface area (Å²) in [5.74, 6) is -1.63. The molecule has 1 saturated heterocycles. The van der Waals surface area contributed by atoms with Crippen LogP contribution in [0.2, 0.25) is 0 Å². The number of alkyl halides is 3. The van der Waals surface area contributed by atoms with E-state index in [1.807, 2.05) is 0 Å². The fourth-order valence-corrected chi connectivity index (χ4v) is 5.74. The van der Waals surface area contributed by atoms with Gasteiger partial charge in [0.05, 0.1) is 29.2 Å². The number of aromatic amines is 1. The first-order chi connectivity index (χ1) is 20.0. The van der Waals surface area contributed by atoms with Gasteiger partial charge in [0, 0.05) is 28.7 Å². The molecule has 1 aliphatic heterocycles. The number of hydrogen-bond acceptors (Lipinski definition) is 6. The number of pyridine rings is 1. The number of H-pyrrole nitrogens is 1. The molecule has 2 fully saturated rings. The van der Waals surface area contributed by atoms with Crippen LogP contribution in [0.25, 0.3) is 10.9 Å². The number of carbonyl (C=O) groups is 2. The largest absolute Gasteiger partial charge is 0.419 e. The van der Waals surface area contributed by atoms with Gasteiger partial charge in [0.1, 0.15) is 17.4 Å². The summed E-state index contributed by atoms with van der Waals surface area (Å²) in [6.07, 6.45) is -0.925. The molecule has 2 aliphatic rings. The molecule has 6 rings (SSSR count). The van der Waals surface area contributed by atoms with Gasteiger partial charge < -0.3 is 10.2 Å². The highest BCUT2D eigenvalue weighted by Gasteiger charge is 2.59. The fraction of sp³-hybridized carbons (Fsp3) is 0.214. The maximum Gasteiger partial charge on any atom is 0.419 e. The lowest BCUT2D eigenvalue weighted by atomic mass is 9.75. The zero-order chi connectivity index (χ0) is 29.8. The second-order valence-electron chi connectivity index (χ2n) is 9.97. The molecule has 212 valence electrons. The summed E-state index contributed by atoms with van der Waals surface area (Å²) in [6, 6.07) is 11.2. The normalized spacial score (nSPS) is 16.2. The lowest BCUT2D eigenvalue weighted by Gasteiger charge is -2.43. The minimum Gasteiger partial charge on any atom is -0.348 e. The first kappa shape index (κ1) is 27.3. The van der Waals surface area contributed by atoms with Crippen LogP contribution in [0, 0.1) is 17.1 Å². The van der Waals surface area contributed by atoms with Gasteiger partial charge in [-0.15, -0.1) is 0 Å². The first-order valence-electron chi connectivity index (χ1n) is 12.7. The van der Waals surface area contributed by atoms with E-state index in [9.17, 15) is 22.8 Å². The number of nitrogens with zero attached hydrogens (tertiary/aromatic N) is 5. The monoisotopic (exact) mass is 593 g/mol. The molecule has 2 aromatic carbocycles. The van der Waals surface area contributed by atoms with Crippen LogP contribution in [-0.4, -0.2) is 37.6 Å². The Balaban J connectivity index is 1.26. The highest BCUT2D eigenvalue weighted by molar-refractivity contribution is 7.81. The molecule has 0 bridgehead atoms. The van der Waals surface area contributed by atoms with Gasteiger partial charge >= 0.3 is 6.18 Å². The van der Waals surface area contributed by atoms with Crippen LogP contribution in [0.4, 0.5) is 28.9 Å². The molecule has 1 aliphatic carbocycles. The molecule has 4 aromatic rings. The van der Waals surface area contributed by atoms with Crippen molar-refractivity contribution >= 4 is 51.4 Å². The van der Waals surface area contributed by atoms with E-state index < -0.39 is 40.6 Å². The van der Waals surface area contributed by atoms with E-state index in [1.165, 1.54) is 23.1 Å². The maximum atomic E-state index is 15.3. The molecular formula is C28H19F4N7O2S. The third-order valence-corrected chi connectivity index (χ3v) is 7.94. The Morgan fingerprint density at radius 1 is 1.14 bits per heavy atom. The zero-order valence-electron chi connectivity index (χ0n) is 21.5. The number of fused-ring (bicyclic) bond motifs is 1. The number of nitriles is 1. The van der Waals surface area contributed by atoms with E-state index in [2.05, 4.69) is 20.5 Å². The predicted octanol–water partition coefficient (Wildman–Crippen LogP) is 4.98. The summed E-state index contributed by atoms with van der Waals surface area (Å²) in [5, 5.41) is 19.1. The molecule has 3 heterocycles. The van der Waals surface area contributed by atoms with Crippen LogP contribution in [0.1, 0.15) is 46.4 Å². The topological polar surface area (TPSA) is 118 Å². The number of benzene rings is 2. The van der Waals surface area contributed by atoms with Crippen LogP contribution in [0.3, 0.4) is 0 Å². The van der Waals surface area contributed by atoms with Crippen LogP contribution in [0.5, 0.6) is 0 Å². The number of nitrogens with one attached hydrogen (secondary N) is 2. The van der Waals surface area contributed by atoms with Gasteiger partial charge in [-0.2, -0.15) is 23.5 Å². The third kappa shape index (κ3) is 4.33. The number of rotatable bonds is 5. The van der Waals surface area contributed by atoms with Gasteiger partial charge in [-0.1, -0.05) is 6.07 Å². The van der Waals surface area contributed by atoms with Gasteiger partial charge in [-0.05, 0) is 67.9 Å². The van der Waals surface area contributed by atoms with E-state index in [0.717, 1.165) is 22.0 Å². The van der Waals surface area contributed by atoms with Crippen molar-refractivity contribution in [2.75, 3.05) is 9.80 Å². The second-order valence-corrected chi connectivity index (χ2v) is 10.3. The molecule has 1 spiro atoms. The van der Waals surface area contributed by atoms with Crippen LogP contribution in [0.15, 0.2) is 54.9 Å². The van der Waals surface area contributed by atoms with Crippen LogP contribution >= 0.6 is 12.2 Å². The molecular weight excluding hydrogens is 574 g/mol. The number of carbonyl (C=O) groups excluding carboxylic acids is 2. The number of aromatic nitrogens is 3. The second kappa shape index (κ2) is 9.88. The van der Waals surface area contributed by atoms with Gasteiger partial charge in [0.2, 0.25) is 0 Å². The van der Waals surface area contributed by atoms with Gasteiger partial charge in [-0.25, -0.2) is 9.37 Å². The van der Waals surface area contributed by atoms with Crippen LogP contribution in [-0.2, 0) is 17.5 Å². The molecule has 2 N–H and O–H groups in total. The number of amides is 2. The molecule has 42 heavy (non-hydrogen) atoms. The molecule has 2 amide bonds. The molecule has 9 nitrogen and oxygen atoms in total. The Bertz CT molecular complexity index is 1830. The molecule has 0 atom stereocenters. The smallest absolute Gasteiger partial charge is 0.348 e. The predicted molar refractivity (Wildman–Crippen MR) is 147 cm³/mol. The Morgan fingerprint density at radius 2 is 1.93 bits per heavy atom. The molecule has 0 unspecified atom stereocenters. The van der Waals surface area contributed by atoms with Gasteiger partial charge in [0.15, 0.2) is 10.8 Å². The number of anilines is 2. The van der Waals surface area contributed by atoms with E-state index >= 15 is 4.39 Å². The SMILES string of the molecule is N#Cc1ncc(N2C(=O)C3(CCC3)N(c3ccc(CNC(=O)c4ccc5[nH]ncc5c4)c(F)c3)C2=S)cc1C(F)(F)F. The van der Waals surface area contributed by atoms with Crippen LogP contribution < -0.4 is 15.1 Å². The lowest BCUT2D eigenvalue weighted by molar-refractivity contribution is -0.138. The summed E-state index contributed by atoms with van der Waals surface area (Å²) in [5.41, 5.74) is -1.97. The highest BCUT2D eigenvalue weighted by atomic mass is 32.1. The van der Waals surface area contributed by atoms with E-state index in [0.29, 0.717) is 30.9 Å². The van der Waals surface area contributed by atoms with Gasteiger partial charge in [-0.3, -0.25) is 19.6 Å². The van der Waals surface area contributed by atoms with Crippen molar-refractivity contribution < 1.29 is 27.2 Å². The summed E-state index contributed by atoms with van der Waals surface area (Å²) < 4.78 is 56.1. The van der Waals surface area contributed by atoms with Crippen molar-refractivity contribution in [3.05, 3.63) is 83.1 Å². The first-order valence-corrected chi connectivity index (χ1v) is 13.1. The fourth-order valence-electron chi connectivity index (χ4n) is 5.27. The summed E-state index contributed by atoms with van der Waals surface area (Å²) >= 11 is 5.56. The van der Waals surface area contributed by atoms with E-state index in [1.54, 1.807) is 30.5 Å². The van der Waals surface area contributed by atoms with Gasteiger partial charge in [0.25, 0.3) is 11.8 Å². The van der Waals surface area contributed by atoms with E-state index in [4.69, 9.17) is 17.5 Å². The van der Waals surface area contributed by atoms with Crippen molar-refractivity contribution in [3.63, 3.8) is 0 Å². The minimum absolute atomic E-state index is 0.119. The van der Waals surface area contributed by atoms with Crippen molar-refractivity contribution in [1.29, 1.82) is 5.26 Å². The minimum atomic E-state index is -4.88. The van der Waals surface area contributed by atoms with Crippen molar-refractivity contribution in [1.82, 2.24) is 20.5 Å².